The Kier molecular flexibility index (Phi) is 10.3. The van der Waals surface area contributed by atoms with Crippen molar-refractivity contribution in [3.63, 3.8) is 0 Å². The molecular formula is C24H25LiN2O3S2. The number of hydrogen-bond acceptors (Lipinski definition) is 5. The second-order valence-electron chi connectivity index (χ2n) is 7.00. The first-order valence-corrected chi connectivity index (χ1v) is 12.1. The van der Waals surface area contributed by atoms with Crippen molar-refractivity contribution in [3.8, 4) is 11.1 Å². The van der Waals surface area contributed by atoms with Crippen LogP contribution in [-0.4, -0.2) is 40.0 Å². The summed E-state index contributed by atoms with van der Waals surface area (Å²) in [7, 11) is 0. The molecule has 32 heavy (non-hydrogen) atoms. The number of carbonyl (C=O) groups is 2. The summed E-state index contributed by atoms with van der Waals surface area (Å²) in [5, 5.41) is 12.2. The van der Waals surface area contributed by atoms with Crippen molar-refractivity contribution in [2.75, 3.05) is 12.0 Å². The number of thiazole rings is 1. The third kappa shape index (κ3) is 6.85. The van der Waals surface area contributed by atoms with Crippen molar-refractivity contribution in [1.82, 2.24) is 10.3 Å². The number of benzene rings is 2. The van der Waals surface area contributed by atoms with Gasteiger partial charge in [0.15, 0.2) is 0 Å². The Morgan fingerprint density at radius 1 is 1.22 bits per heavy atom. The number of aryl methyl sites for hydroxylation is 1. The fourth-order valence-corrected chi connectivity index (χ4v) is 4.16. The van der Waals surface area contributed by atoms with Crippen LogP contribution < -0.4 is 24.2 Å². The standard InChI is InChI=1S/C24H24N2O3S2.Li.H/c1-16-5-3-4-6-19(16)21-13-17(7-9-18-14-25-15-31-18)8-10-20(21)23(27)26-22(24(28)29)11-12-30-2;;/h3-10,13-15,22H,11-12H2,1-2H3,(H,26,27)(H,28,29);;/q;+1;-1. The molecule has 1 amide bonds. The number of amides is 1. The van der Waals surface area contributed by atoms with Gasteiger partial charge in [0.1, 0.15) is 6.04 Å². The predicted octanol–water partition coefficient (Wildman–Crippen LogP) is 2.34. The monoisotopic (exact) mass is 460 g/mol. The summed E-state index contributed by atoms with van der Waals surface area (Å²) >= 11 is 3.10. The van der Waals surface area contributed by atoms with Crippen molar-refractivity contribution in [2.45, 2.75) is 19.4 Å². The Labute approximate surface area is 210 Å². The van der Waals surface area contributed by atoms with E-state index in [1.54, 1.807) is 40.9 Å². The van der Waals surface area contributed by atoms with Gasteiger partial charge in [-0.25, -0.2) is 4.79 Å². The zero-order chi connectivity index (χ0) is 22.2. The van der Waals surface area contributed by atoms with Gasteiger partial charge in [-0.1, -0.05) is 36.4 Å². The molecule has 0 bridgehead atoms. The molecule has 0 aliphatic heterocycles. The summed E-state index contributed by atoms with van der Waals surface area (Å²) in [6.07, 6.45) is 8.05. The summed E-state index contributed by atoms with van der Waals surface area (Å²) < 4.78 is 0. The maximum Gasteiger partial charge on any atom is 1.00 e. The van der Waals surface area contributed by atoms with Crippen LogP contribution in [0.5, 0.6) is 0 Å². The van der Waals surface area contributed by atoms with Gasteiger partial charge in [-0.3, -0.25) is 9.78 Å². The first kappa shape index (κ1) is 26.0. The minimum atomic E-state index is -1.02. The summed E-state index contributed by atoms with van der Waals surface area (Å²) in [6.45, 7) is 2.00. The number of thioether (sulfide) groups is 1. The maximum atomic E-state index is 13.1. The van der Waals surface area contributed by atoms with Gasteiger partial charge in [0.05, 0.1) is 5.51 Å². The third-order valence-electron chi connectivity index (χ3n) is 4.83. The number of aliphatic carboxylic acids is 1. The van der Waals surface area contributed by atoms with Gasteiger partial charge in [-0.2, -0.15) is 11.8 Å². The molecule has 0 aliphatic carbocycles. The zero-order valence-electron chi connectivity index (χ0n) is 19.4. The number of nitrogens with zero attached hydrogens (tertiary/aromatic N) is 1. The van der Waals surface area contributed by atoms with Gasteiger partial charge in [0.2, 0.25) is 0 Å². The van der Waals surface area contributed by atoms with E-state index in [0.29, 0.717) is 17.7 Å². The average molecular weight is 461 g/mol. The molecule has 1 heterocycles. The van der Waals surface area contributed by atoms with E-state index in [2.05, 4.69) is 10.3 Å². The summed E-state index contributed by atoms with van der Waals surface area (Å²) in [5.41, 5.74) is 5.94. The van der Waals surface area contributed by atoms with Crippen LogP contribution in [0.4, 0.5) is 0 Å². The molecule has 0 saturated carbocycles. The Bertz CT molecular complexity index is 1090. The van der Waals surface area contributed by atoms with E-state index < -0.39 is 12.0 Å². The second-order valence-corrected chi connectivity index (χ2v) is 8.91. The van der Waals surface area contributed by atoms with Crippen LogP contribution in [0.1, 0.15) is 34.2 Å². The molecule has 1 aromatic heterocycles. The van der Waals surface area contributed by atoms with Crippen LogP contribution in [0.25, 0.3) is 23.3 Å². The van der Waals surface area contributed by atoms with E-state index in [0.717, 1.165) is 27.1 Å². The first-order valence-electron chi connectivity index (χ1n) is 9.79. The average Bonchev–Trinajstić information content (AvgIpc) is 3.29. The summed E-state index contributed by atoms with van der Waals surface area (Å²) in [4.78, 5) is 29.8. The Morgan fingerprint density at radius 2 is 2.00 bits per heavy atom. The van der Waals surface area contributed by atoms with Crippen molar-refractivity contribution in [3.05, 3.63) is 75.7 Å². The molecule has 0 radical (unpaired) electrons. The van der Waals surface area contributed by atoms with Gasteiger partial charge in [0, 0.05) is 16.6 Å². The van der Waals surface area contributed by atoms with Gasteiger partial charge in [-0.05, 0) is 65.8 Å². The van der Waals surface area contributed by atoms with Crippen LogP contribution in [0.2, 0.25) is 0 Å². The molecule has 162 valence electrons. The van der Waals surface area contributed by atoms with Crippen LogP contribution in [0, 0.1) is 6.92 Å². The third-order valence-corrected chi connectivity index (χ3v) is 6.21. The molecule has 2 aromatic carbocycles. The van der Waals surface area contributed by atoms with Crippen molar-refractivity contribution < 1.29 is 35.0 Å². The normalized spacial score (nSPS) is 11.7. The van der Waals surface area contributed by atoms with Crippen molar-refractivity contribution >= 4 is 47.1 Å². The number of carboxylic acid groups (broad SMARTS) is 1. The predicted molar refractivity (Wildman–Crippen MR) is 131 cm³/mol. The molecule has 5 nitrogen and oxygen atoms in total. The molecule has 1 unspecified atom stereocenters. The van der Waals surface area contributed by atoms with Crippen LogP contribution in [0.3, 0.4) is 0 Å². The topological polar surface area (TPSA) is 79.3 Å². The Hall–Kier alpha value is -2.30. The van der Waals surface area contributed by atoms with E-state index in [-0.39, 0.29) is 26.2 Å². The molecular weight excluding hydrogens is 435 g/mol. The number of rotatable bonds is 9. The van der Waals surface area contributed by atoms with E-state index in [9.17, 15) is 14.7 Å². The second kappa shape index (κ2) is 12.7. The molecule has 2 N–H and O–H groups in total. The van der Waals surface area contributed by atoms with Gasteiger partial charge >= 0.3 is 24.8 Å². The molecule has 1 atom stereocenters. The minimum absolute atomic E-state index is 0. The SMILES string of the molecule is CSCCC(NC(=O)c1ccc(C=Cc2cncs2)cc1-c1ccccc1C)C(=O)O.[H-].[Li+]. The molecule has 0 fully saturated rings. The van der Waals surface area contributed by atoms with E-state index >= 15 is 0 Å². The van der Waals surface area contributed by atoms with Crippen LogP contribution in [-0.2, 0) is 4.79 Å². The van der Waals surface area contributed by atoms with Crippen LogP contribution in [0.15, 0.2) is 54.2 Å². The smallest absolute Gasteiger partial charge is 1.00 e. The fourth-order valence-electron chi connectivity index (χ4n) is 3.18. The van der Waals surface area contributed by atoms with Gasteiger partial charge in [-0.15, -0.1) is 11.3 Å². The van der Waals surface area contributed by atoms with Crippen molar-refractivity contribution in [1.29, 1.82) is 0 Å². The fraction of sp³-hybridized carbons (Fsp3) is 0.208. The Morgan fingerprint density at radius 3 is 2.66 bits per heavy atom. The molecule has 3 aromatic rings. The van der Waals surface area contributed by atoms with Gasteiger partial charge in [0.25, 0.3) is 5.91 Å². The van der Waals surface area contributed by atoms with E-state index in [1.165, 1.54) is 0 Å². The number of nitrogens with one attached hydrogen (secondary N) is 1. The zero-order valence-corrected chi connectivity index (χ0v) is 20.0. The summed E-state index contributed by atoms with van der Waals surface area (Å²) in [5.74, 6) is -0.753. The minimum Gasteiger partial charge on any atom is -1.00 e. The molecule has 8 heteroatoms. The van der Waals surface area contributed by atoms with Crippen molar-refractivity contribution in [2.24, 2.45) is 0 Å². The number of aromatic nitrogens is 1. The largest absolute Gasteiger partial charge is 1.00 e. The molecule has 0 saturated heterocycles. The molecule has 3 rings (SSSR count). The Balaban J connectivity index is 0.00000272. The van der Waals surface area contributed by atoms with E-state index in [1.807, 2.05) is 61.7 Å². The number of hydrogen-bond donors (Lipinski definition) is 2. The first-order chi connectivity index (χ1) is 15.0. The molecule has 0 spiro atoms. The number of carboxylic acids is 1. The maximum absolute atomic E-state index is 13.1. The summed E-state index contributed by atoms with van der Waals surface area (Å²) in [6, 6.07) is 12.5. The van der Waals surface area contributed by atoms with Gasteiger partial charge < -0.3 is 11.8 Å². The molecule has 0 aliphatic rings. The quantitative estimate of drug-likeness (QED) is 0.480. The van der Waals surface area contributed by atoms with Crippen LogP contribution >= 0.6 is 23.1 Å². The number of carbonyl (C=O) groups excluding carboxylic acids is 1. The van der Waals surface area contributed by atoms with E-state index in [4.69, 9.17) is 0 Å².